The van der Waals surface area contributed by atoms with Gasteiger partial charge in [0.05, 0.1) is 0 Å². The first-order valence-corrected chi connectivity index (χ1v) is 3.22. The Kier molecular flexibility index (Phi) is 3.21. The van der Waals surface area contributed by atoms with Gasteiger partial charge in [0.2, 0.25) is 0 Å². The van der Waals surface area contributed by atoms with Crippen molar-refractivity contribution >= 4 is 5.78 Å². The number of allylic oxidation sites excluding steroid dienone is 2. The molecule has 0 aromatic heterocycles. The molecular weight excluding hydrogens is 112 g/mol. The molecule has 0 bridgehead atoms. The molecule has 1 unspecified atom stereocenters. The molecular formula is C8H14O. The van der Waals surface area contributed by atoms with Gasteiger partial charge in [0.15, 0.2) is 0 Å². The predicted octanol–water partition coefficient (Wildman–Crippen LogP) is 2.18. The van der Waals surface area contributed by atoms with Gasteiger partial charge in [-0.05, 0) is 20.8 Å². The molecule has 0 rings (SSSR count). The highest BCUT2D eigenvalue weighted by Gasteiger charge is 2.06. The molecule has 0 radical (unpaired) electrons. The lowest BCUT2D eigenvalue weighted by atomic mass is 9.99. The molecule has 0 aliphatic carbocycles. The molecule has 1 atom stereocenters. The fourth-order valence-corrected chi connectivity index (χ4v) is 0.571. The Morgan fingerprint density at radius 2 is 1.89 bits per heavy atom. The van der Waals surface area contributed by atoms with E-state index in [4.69, 9.17) is 0 Å². The molecule has 52 valence electrons. The van der Waals surface area contributed by atoms with Crippen molar-refractivity contribution in [3.63, 3.8) is 0 Å². The summed E-state index contributed by atoms with van der Waals surface area (Å²) in [5, 5.41) is 0. The van der Waals surface area contributed by atoms with Crippen LogP contribution in [0.4, 0.5) is 0 Å². The summed E-state index contributed by atoms with van der Waals surface area (Å²) in [5.74, 6) is 0.348. The molecule has 0 aliphatic heterocycles. The Balaban J connectivity index is 4.04. The standard InChI is InChI=1S/C8H14O/c1-5-6(2)7(3)8(4)9/h5,7H,1-4H3. The van der Waals surface area contributed by atoms with Gasteiger partial charge in [-0.3, -0.25) is 4.79 Å². The minimum atomic E-state index is 0.106. The first-order chi connectivity index (χ1) is 4.09. The van der Waals surface area contributed by atoms with Crippen molar-refractivity contribution in [3.8, 4) is 0 Å². The highest BCUT2D eigenvalue weighted by Crippen LogP contribution is 2.09. The van der Waals surface area contributed by atoms with Gasteiger partial charge in [-0.2, -0.15) is 0 Å². The van der Waals surface area contributed by atoms with Crippen molar-refractivity contribution in [3.05, 3.63) is 11.6 Å². The van der Waals surface area contributed by atoms with Crippen molar-refractivity contribution in [2.45, 2.75) is 27.7 Å². The third-order valence-corrected chi connectivity index (χ3v) is 1.75. The molecule has 0 fully saturated rings. The first kappa shape index (κ1) is 8.41. The van der Waals surface area contributed by atoms with Crippen LogP contribution >= 0.6 is 0 Å². The van der Waals surface area contributed by atoms with E-state index in [9.17, 15) is 4.79 Å². The number of hydrogen-bond donors (Lipinski definition) is 0. The quantitative estimate of drug-likeness (QED) is 0.518. The van der Waals surface area contributed by atoms with Crippen LogP contribution in [0.25, 0.3) is 0 Å². The molecule has 0 aliphatic rings. The average molecular weight is 126 g/mol. The molecule has 1 nitrogen and oxygen atoms in total. The zero-order valence-corrected chi connectivity index (χ0v) is 6.56. The van der Waals surface area contributed by atoms with Crippen LogP contribution in [0.3, 0.4) is 0 Å². The van der Waals surface area contributed by atoms with Crippen LogP contribution in [0, 0.1) is 5.92 Å². The smallest absolute Gasteiger partial charge is 0.136 e. The van der Waals surface area contributed by atoms with Crippen molar-refractivity contribution in [2.24, 2.45) is 5.92 Å². The maximum Gasteiger partial charge on any atom is 0.136 e. The van der Waals surface area contributed by atoms with Crippen molar-refractivity contribution in [1.29, 1.82) is 0 Å². The Hall–Kier alpha value is -0.590. The van der Waals surface area contributed by atoms with Gasteiger partial charge in [0.1, 0.15) is 5.78 Å². The lowest BCUT2D eigenvalue weighted by Crippen LogP contribution is -2.06. The van der Waals surface area contributed by atoms with Gasteiger partial charge in [0, 0.05) is 5.92 Å². The number of hydrogen-bond acceptors (Lipinski definition) is 1. The van der Waals surface area contributed by atoms with Gasteiger partial charge in [-0.15, -0.1) is 0 Å². The molecule has 0 heterocycles. The molecule has 0 amide bonds. The molecule has 0 spiro atoms. The number of carbonyl (C=O) groups excluding carboxylic acids is 1. The number of Topliss-reactive ketones (excluding diaryl/α,β-unsaturated/α-hetero) is 1. The maximum absolute atomic E-state index is 10.7. The van der Waals surface area contributed by atoms with Gasteiger partial charge in [-0.1, -0.05) is 18.6 Å². The molecule has 0 saturated heterocycles. The third-order valence-electron chi connectivity index (χ3n) is 1.75. The van der Waals surface area contributed by atoms with Crippen molar-refractivity contribution in [2.75, 3.05) is 0 Å². The summed E-state index contributed by atoms with van der Waals surface area (Å²) in [7, 11) is 0. The second kappa shape index (κ2) is 3.44. The summed E-state index contributed by atoms with van der Waals surface area (Å²) in [6.07, 6.45) is 1.98. The van der Waals surface area contributed by atoms with Crippen LogP contribution in [0.15, 0.2) is 11.6 Å². The van der Waals surface area contributed by atoms with Crippen LogP contribution in [0.1, 0.15) is 27.7 Å². The van der Waals surface area contributed by atoms with Crippen LogP contribution in [0.5, 0.6) is 0 Å². The third kappa shape index (κ3) is 2.45. The predicted molar refractivity (Wildman–Crippen MR) is 39.3 cm³/mol. The fourth-order valence-electron chi connectivity index (χ4n) is 0.571. The van der Waals surface area contributed by atoms with E-state index in [1.165, 1.54) is 0 Å². The Morgan fingerprint density at radius 3 is 2.00 bits per heavy atom. The minimum Gasteiger partial charge on any atom is -0.299 e. The minimum absolute atomic E-state index is 0.106. The summed E-state index contributed by atoms with van der Waals surface area (Å²) in [6.45, 7) is 7.48. The van der Waals surface area contributed by atoms with Gasteiger partial charge < -0.3 is 0 Å². The first-order valence-electron chi connectivity index (χ1n) is 3.22. The fraction of sp³-hybridized carbons (Fsp3) is 0.625. The number of carbonyl (C=O) groups is 1. The monoisotopic (exact) mass is 126 g/mol. The largest absolute Gasteiger partial charge is 0.299 e. The second-order valence-corrected chi connectivity index (χ2v) is 2.37. The Labute approximate surface area is 56.8 Å². The SMILES string of the molecule is CC=C(C)C(C)C(C)=O. The van der Waals surface area contributed by atoms with E-state index in [-0.39, 0.29) is 11.7 Å². The van der Waals surface area contributed by atoms with Gasteiger partial charge >= 0.3 is 0 Å². The van der Waals surface area contributed by atoms with E-state index in [2.05, 4.69) is 0 Å². The van der Waals surface area contributed by atoms with E-state index < -0.39 is 0 Å². The van der Waals surface area contributed by atoms with Crippen molar-refractivity contribution < 1.29 is 4.79 Å². The molecule has 0 saturated carbocycles. The topological polar surface area (TPSA) is 17.1 Å². The second-order valence-electron chi connectivity index (χ2n) is 2.37. The molecule has 9 heavy (non-hydrogen) atoms. The highest BCUT2D eigenvalue weighted by atomic mass is 16.1. The average Bonchev–Trinajstić information content (AvgIpc) is 1.84. The summed E-state index contributed by atoms with van der Waals surface area (Å²) >= 11 is 0. The van der Waals surface area contributed by atoms with Crippen LogP contribution in [-0.2, 0) is 4.79 Å². The summed E-state index contributed by atoms with van der Waals surface area (Å²) < 4.78 is 0. The zero-order valence-electron chi connectivity index (χ0n) is 6.56. The van der Waals surface area contributed by atoms with Crippen LogP contribution in [-0.4, -0.2) is 5.78 Å². The normalized spacial score (nSPS) is 15.3. The molecule has 0 aromatic rings. The van der Waals surface area contributed by atoms with E-state index in [0.29, 0.717) is 0 Å². The summed E-state index contributed by atoms with van der Waals surface area (Å²) in [6, 6.07) is 0. The van der Waals surface area contributed by atoms with Crippen LogP contribution in [0.2, 0.25) is 0 Å². The number of rotatable bonds is 2. The Morgan fingerprint density at radius 1 is 1.44 bits per heavy atom. The molecule has 0 N–H and O–H groups in total. The van der Waals surface area contributed by atoms with Gasteiger partial charge in [-0.25, -0.2) is 0 Å². The van der Waals surface area contributed by atoms with E-state index in [1.54, 1.807) is 6.92 Å². The maximum atomic E-state index is 10.7. The van der Waals surface area contributed by atoms with E-state index in [1.807, 2.05) is 26.8 Å². The van der Waals surface area contributed by atoms with E-state index in [0.717, 1.165) is 5.57 Å². The van der Waals surface area contributed by atoms with Crippen molar-refractivity contribution in [1.82, 2.24) is 0 Å². The Bertz CT molecular complexity index is 134. The summed E-state index contributed by atoms with van der Waals surface area (Å²) in [5.41, 5.74) is 1.16. The lowest BCUT2D eigenvalue weighted by molar-refractivity contribution is -0.119. The number of ketones is 1. The van der Waals surface area contributed by atoms with Gasteiger partial charge in [0.25, 0.3) is 0 Å². The van der Waals surface area contributed by atoms with Crippen LogP contribution < -0.4 is 0 Å². The lowest BCUT2D eigenvalue weighted by Gasteiger charge is -2.05. The van der Waals surface area contributed by atoms with E-state index >= 15 is 0 Å². The summed E-state index contributed by atoms with van der Waals surface area (Å²) in [4.78, 5) is 10.7. The molecule has 0 aromatic carbocycles. The highest BCUT2D eigenvalue weighted by molar-refractivity contribution is 5.80. The zero-order chi connectivity index (χ0) is 7.44. The molecule has 1 heteroatoms.